The fraction of sp³-hybridized carbons (Fsp3) is 0.571. The maximum atomic E-state index is 6.07. The van der Waals surface area contributed by atoms with Gasteiger partial charge in [0.15, 0.2) is 0 Å². The number of aromatic nitrogens is 2. The van der Waals surface area contributed by atoms with Gasteiger partial charge in [0.1, 0.15) is 10.6 Å². The van der Waals surface area contributed by atoms with Gasteiger partial charge in [0.25, 0.3) is 0 Å². The lowest BCUT2D eigenvalue weighted by Crippen LogP contribution is -2.30. The summed E-state index contributed by atoms with van der Waals surface area (Å²) < 4.78 is 10.3. The third kappa shape index (κ3) is 4.26. The molecule has 0 saturated heterocycles. The second-order valence-electron chi connectivity index (χ2n) is 4.72. The molecule has 0 atom stereocenters. The molecule has 2 aromatic heterocycles. The maximum absolute atomic E-state index is 6.07. The Morgan fingerprint density at radius 1 is 1.19 bits per heavy atom. The van der Waals surface area contributed by atoms with E-state index >= 15 is 0 Å². The molecule has 0 saturated carbocycles. The van der Waals surface area contributed by atoms with Crippen LogP contribution in [-0.2, 0) is 9.47 Å². The van der Waals surface area contributed by atoms with Gasteiger partial charge in [-0.3, -0.25) is 0 Å². The highest BCUT2D eigenvalue weighted by Gasteiger charge is 2.15. The molecular formula is C14H20ClN3O2S. The Labute approximate surface area is 133 Å². The van der Waals surface area contributed by atoms with Gasteiger partial charge < -0.3 is 14.4 Å². The molecule has 0 bridgehead atoms. The lowest BCUT2D eigenvalue weighted by Gasteiger charge is -2.24. The van der Waals surface area contributed by atoms with E-state index < -0.39 is 0 Å². The molecule has 0 aliphatic rings. The molecule has 21 heavy (non-hydrogen) atoms. The van der Waals surface area contributed by atoms with Crippen molar-refractivity contribution in [3.8, 4) is 0 Å². The molecule has 5 nitrogen and oxygen atoms in total. The lowest BCUT2D eigenvalue weighted by molar-refractivity contribution is 0.191. The normalized spacial score (nSPS) is 11.2. The number of anilines is 1. The van der Waals surface area contributed by atoms with Gasteiger partial charge in [-0.05, 0) is 31.0 Å². The first kappa shape index (κ1) is 16.4. The van der Waals surface area contributed by atoms with Crippen LogP contribution < -0.4 is 4.90 Å². The summed E-state index contributed by atoms with van der Waals surface area (Å²) in [5.74, 6) is 0.877. The SMILES string of the molecule is COCCCN(CCOC)c1nc(Cl)nc2sc(C)cc12. The zero-order valence-corrected chi connectivity index (χ0v) is 14.1. The van der Waals surface area contributed by atoms with Crippen molar-refractivity contribution in [2.24, 2.45) is 0 Å². The largest absolute Gasteiger partial charge is 0.385 e. The number of hydrogen-bond acceptors (Lipinski definition) is 6. The second-order valence-corrected chi connectivity index (χ2v) is 6.29. The number of ether oxygens (including phenoxy) is 2. The Kier molecular flexibility index (Phi) is 6.17. The number of aryl methyl sites for hydroxylation is 1. The molecule has 0 N–H and O–H groups in total. The highest BCUT2D eigenvalue weighted by Crippen LogP contribution is 2.31. The van der Waals surface area contributed by atoms with Gasteiger partial charge in [-0.2, -0.15) is 4.98 Å². The molecule has 0 amide bonds. The molecule has 0 unspecified atom stereocenters. The van der Waals surface area contributed by atoms with Gasteiger partial charge in [-0.1, -0.05) is 0 Å². The molecule has 0 radical (unpaired) electrons. The Morgan fingerprint density at radius 3 is 2.67 bits per heavy atom. The Hall–Kier alpha value is -0.950. The minimum absolute atomic E-state index is 0.286. The second kappa shape index (κ2) is 7.89. The maximum Gasteiger partial charge on any atom is 0.225 e. The first-order chi connectivity index (χ1) is 10.2. The number of hydrogen-bond donors (Lipinski definition) is 0. The van der Waals surface area contributed by atoms with Gasteiger partial charge in [0.05, 0.1) is 12.0 Å². The minimum atomic E-state index is 0.286. The van der Waals surface area contributed by atoms with Crippen LogP contribution in [0.2, 0.25) is 5.28 Å². The Bertz CT molecular complexity index is 591. The number of nitrogens with zero attached hydrogens (tertiary/aromatic N) is 3. The number of methoxy groups -OCH3 is 2. The average molecular weight is 330 g/mol. The minimum Gasteiger partial charge on any atom is -0.385 e. The van der Waals surface area contributed by atoms with Crippen molar-refractivity contribution in [3.05, 3.63) is 16.2 Å². The van der Waals surface area contributed by atoms with E-state index in [2.05, 4.69) is 27.9 Å². The topological polar surface area (TPSA) is 47.5 Å². The van der Waals surface area contributed by atoms with E-state index in [9.17, 15) is 0 Å². The first-order valence-corrected chi connectivity index (χ1v) is 8.01. The number of halogens is 1. The quantitative estimate of drug-likeness (QED) is 0.550. The van der Waals surface area contributed by atoms with Crippen LogP contribution in [0, 0.1) is 6.92 Å². The molecule has 116 valence electrons. The summed E-state index contributed by atoms with van der Waals surface area (Å²) in [4.78, 5) is 13.1. The van der Waals surface area contributed by atoms with E-state index in [4.69, 9.17) is 21.1 Å². The van der Waals surface area contributed by atoms with E-state index in [1.807, 2.05) is 0 Å². The van der Waals surface area contributed by atoms with E-state index in [1.165, 1.54) is 4.88 Å². The zero-order valence-electron chi connectivity index (χ0n) is 12.6. The van der Waals surface area contributed by atoms with Crippen LogP contribution in [0.1, 0.15) is 11.3 Å². The van der Waals surface area contributed by atoms with Crippen LogP contribution in [0.3, 0.4) is 0 Å². The zero-order chi connectivity index (χ0) is 15.2. The number of rotatable bonds is 8. The summed E-state index contributed by atoms with van der Waals surface area (Å²) in [6.45, 7) is 5.02. The third-order valence-corrected chi connectivity index (χ3v) is 4.22. The van der Waals surface area contributed by atoms with Crippen molar-refractivity contribution in [2.45, 2.75) is 13.3 Å². The van der Waals surface area contributed by atoms with Crippen LogP contribution in [0.5, 0.6) is 0 Å². The lowest BCUT2D eigenvalue weighted by atomic mass is 10.3. The van der Waals surface area contributed by atoms with Crippen molar-refractivity contribution in [2.75, 3.05) is 45.4 Å². The Balaban J connectivity index is 2.32. The number of fused-ring (bicyclic) bond motifs is 1. The van der Waals surface area contributed by atoms with Crippen molar-refractivity contribution < 1.29 is 9.47 Å². The smallest absolute Gasteiger partial charge is 0.225 e. The predicted molar refractivity (Wildman–Crippen MR) is 87.7 cm³/mol. The molecule has 0 spiro atoms. The van der Waals surface area contributed by atoms with E-state index in [-0.39, 0.29) is 5.28 Å². The van der Waals surface area contributed by atoms with Crippen LogP contribution in [-0.4, -0.2) is 50.5 Å². The third-order valence-electron chi connectivity index (χ3n) is 3.11. The van der Waals surface area contributed by atoms with E-state index in [0.717, 1.165) is 35.5 Å². The molecule has 0 aliphatic heterocycles. The van der Waals surface area contributed by atoms with Gasteiger partial charge in [0.2, 0.25) is 5.28 Å². The molecule has 2 aromatic rings. The molecule has 0 aliphatic carbocycles. The van der Waals surface area contributed by atoms with Crippen molar-refractivity contribution >= 4 is 39.0 Å². The monoisotopic (exact) mass is 329 g/mol. The molecular weight excluding hydrogens is 310 g/mol. The highest BCUT2D eigenvalue weighted by atomic mass is 35.5. The fourth-order valence-electron chi connectivity index (χ4n) is 2.17. The van der Waals surface area contributed by atoms with Crippen molar-refractivity contribution in [1.29, 1.82) is 0 Å². The van der Waals surface area contributed by atoms with Crippen LogP contribution in [0.4, 0.5) is 5.82 Å². The first-order valence-electron chi connectivity index (χ1n) is 6.82. The summed E-state index contributed by atoms with van der Waals surface area (Å²) in [5.41, 5.74) is 0. The van der Waals surface area contributed by atoms with E-state index in [1.54, 1.807) is 25.6 Å². The van der Waals surface area contributed by atoms with Crippen molar-refractivity contribution in [3.63, 3.8) is 0 Å². The molecule has 0 aromatic carbocycles. The molecule has 2 heterocycles. The van der Waals surface area contributed by atoms with E-state index in [0.29, 0.717) is 13.2 Å². The summed E-state index contributed by atoms with van der Waals surface area (Å²) in [7, 11) is 3.41. The summed E-state index contributed by atoms with van der Waals surface area (Å²) in [6.07, 6.45) is 0.923. The summed E-state index contributed by atoms with van der Waals surface area (Å²) >= 11 is 7.71. The van der Waals surface area contributed by atoms with Gasteiger partial charge in [-0.25, -0.2) is 4.98 Å². The molecule has 0 fully saturated rings. The predicted octanol–water partition coefficient (Wildman–Crippen LogP) is 3.14. The van der Waals surface area contributed by atoms with Gasteiger partial charge in [0, 0.05) is 38.8 Å². The molecule has 7 heteroatoms. The van der Waals surface area contributed by atoms with Gasteiger partial charge in [-0.15, -0.1) is 11.3 Å². The summed E-state index contributed by atoms with van der Waals surface area (Å²) in [5, 5.41) is 1.34. The average Bonchev–Trinajstić information content (AvgIpc) is 2.82. The standard InChI is InChI=1S/C14H20ClN3O2S/c1-10-9-11-12(16-14(15)17-13(11)21-10)18(6-8-20-3)5-4-7-19-2/h9H,4-8H2,1-3H3. The molecule has 2 rings (SSSR count). The van der Waals surface area contributed by atoms with Crippen LogP contribution >= 0.6 is 22.9 Å². The number of thiophene rings is 1. The van der Waals surface area contributed by atoms with Crippen LogP contribution in [0.15, 0.2) is 6.07 Å². The van der Waals surface area contributed by atoms with Crippen molar-refractivity contribution in [1.82, 2.24) is 9.97 Å². The summed E-state index contributed by atoms with van der Waals surface area (Å²) in [6, 6.07) is 2.11. The van der Waals surface area contributed by atoms with Crippen LogP contribution in [0.25, 0.3) is 10.2 Å². The highest BCUT2D eigenvalue weighted by molar-refractivity contribution is 7.18. The fourth-order valence-corrected chi connectivity index (χ4v) is 3.26. The Morgan fingerprint density at radius 2 is 1.95 bits per heavy atom. The van der Waals surface area contributed by atoms with Gasteiger partial charge >= 0.3 is 0 Å².